The van der Waals surface area contributed by atoms with Crippen molar-refractivity contribution < 1.29 is 4.39 Å². The van der Waals surface area contributed by atoms with Crippen LogP contribution in [0.5, 0.6) is 0 Å². The Morgan fingerprint density at radius 1 is 1.45 bits per heavy atom. The number of nitrogens with one attached hydrogen (secondary N) is 1. The number of hydrogen-bond acceptors (Lipinski definition) is 2. The molecule has 0 aromatic heterocycles. The third-order valence-corrected chi connectivity index (χ3v) is 4.18. The molecule has 4 heteroatoms. The van der Waals surface area contributed by atoms with Crippen LogP contribution in [0, 0.1) is 11.7 Å². The monoisotopic (exact) mass is 298 g/mol. The molecule has 2 rings (SSSR count). The van der Waals surface area contributed by atoms with Gasteiger partial charge in [0.15, 0.2) is 0 Å². The van der Waals surface area contributed by atoms with E-state index in [1.165, 1.54) is 19.3 Å². The summed E-state index contributed by atoms with van der Waals surface area (Å²) in [4.78, 5) is 2.34. The van der Waals surface area contributed by atoms with Crippen LogP contribution in [0.1, 0.15) is 31.7 Å². The number of rotatable bonds is 6. The van der Waals surface area contributed by atoms with Gasteiger partial charge in [0.1, 0.15) is 5.82 Å². The normalized spacial score (nSPS) is 20.2. The Morgan fingerprint density at radius 2 is 2.30 bits per heavy atom. The van der Waals surface area contributed by atoms with E-state index in [9.17, 15) is 4.39 Å². The molecule has 1 unspecified atom stereocenters. The topological polar surface area (TPSA) is 15.3 Å². The molecule has 1 fully saturated rings. The van der Waals surface area contributed by atoms with E-state index < -0.39 is 0 Å². The first kappa shape index (κ1) is 15.7. The van der Waals surface area contributed by atoms with Crippen LogP contribution in [-0.2, 0) is 6.54 Å². The van der Waals surface area contributed by atoms with Crippen molar-refractivity contribution >= 4 is 11.6 Å². The lowest BCUT2D eigenvalue weighted by Gasteiger charge is -2.33. The molecule has 0 aliphatic carbocycles. The quantitative estimate of drug-likeness (QED) is 0.806. The van der Waals surface area contributed by atoms with Crippen LogP contribution in [0.4, 0.5) is 4.39 Å². The fraction of sp³-hybridized carbons (Fsp3) is 0.625. The maximum absolute atomic E-state index is 13.9. The standard InChI is InChI=1S/C16H24ClFN2/c1-2-8-19-10-13-5-4-9-20(11-13)12-14-6-3-7-15(17)16(14)18/h3,6-7,13,19H,2,4-5,8-12H2,1H3. The lowest BCUT2D eigenvalue weighted by Crippen LogP contribution is -2.39. The molecule has 1 N–H and O–H groups in total. The molecule has 2 nitrogen and oxygen atoms in total. The first-order valence-electron chi connectivity index (χ1n) is 7.56. The van der Waals surface area contributed by atoms with Crippen LogP contribution in [0.25, 0.3) is 0 Å². The molecule has 1 saturated heterocycles. The zero-order valence-electron chi connectivity index (χ0n) is 12.2. The molecular formula is C16H24ClFN2. The zero-order valence-corrected chi connectivity index (χ0v) is 12.9. The Labute approximate surface area is 126 Å². The van der Waals surface area contributed by atoms with Crippen molar-refractivity contribution in [3.05, 3.63) is 34.6 Å². The van der Waals surface area contributed by atoms with Gasteiger partial charge in [-0.2, -0.15) is 0 Å². The molecule has 112 valence electrons. The van der Waals surface area contributed by atoms with Crippen molar-refractivity contribution in [3.8, 4) is 0 Å². The summed E-state index contributed by atoms with van der Waals surface area (Å²) in [5.41, 5.74) is 0.708. The number of likely N-dealkylation sites (tertiary alicyclic amines) is 1. The highest BCUT2D eigenvalue weighted by Gasteiger charge is 2.20. The molecule has 1 aliphatic heterocycles. The molecule has 1 aromatic rings. The number of nitrogens with zero attached hydrogens (tertiary/aromatic N) is 1. The van der Waals surface area contributed by atoms with Crippen molar-refractivity contribution in [1.29, 1.82) is 0 Å². The van der Waals surface area contributed by atoms with E-state index in [1.807, 2.05) is 12.1 Å². The number of hydrogen-bond donors (Lipinski definition) is 1. The molecule has 20 heavy (non-hydrogen) atoms. The van der Waals surface area contributed by atoms with E-state index in [-0.39, 0.29) is 10.8 Å². The zero-order chi connectivity index (χ0) is 14.4. The van der Waals surface area contributed by atoms with Crippen LogP contribution in [0.3, 0.4) is 0 Å². The number of piperidine rings is 1. The second-order valence-electron chi connectivity index (χ2n) is 5.66. The highest BCUT2D eigenvalue weighted by Crippen LogP contribution is 2.22. The van der Waals surface area contributed by atoms with Gasteiger partial charge in [-0.05, 0) is 50.9 Å². The summed E-state index contributed by atoms with van der Waals surface area (Å²) in [5, 5.41) is 3.71. The van der Waals surface area contributed by atoms with E-state index in [0.29, 0.717) is 18.0 Å². The maximum Gasteiger partial charge on any atom is 0.146 e. The predicted octanol–water partition coefficient (Wildman–Crippen LogP) is 3.69. The smallest absolute Gasteiger partial charge is 0.146 e. The first-order chi connectivity index (χ1) is 9.70. The summed E-state index contributed by atoms with van der Waals surface area (Å²) in [7, 11) is 0. The van der Waals surface area contributed by atoms with Gasteiger partial charge >= 0.3 is 0 Å². The van der Waals surface area contributed by atoms with Crippen molar-refractivity contribution in [3.63, 3.8) is 0 Å². The van der Waals surface area contributed by atoms with Gasteiger partial charge in [-0.15, -0.1) is 0 Å². The second-order valence-corrected chi connectivity index (χ2v) is 6.07. The average Bonchev–Trinajstić information content (AvgIpc) is 2.45. The van der Waals surface area contributed by atoms with E-state index >= 15 is 0 Å². The summed E-state index contributed by atoms with van der Waals surface area (Å²) in [6.07, 6.45) is 3.63. The minimum Gasteiger partial charge on any atom is -0.316 e. The lowest BCUT2D eigenvalue weighted by molar-refractivity contribution is 0.164. The van der Waals surface area contributed by atoms with Gasteiger partial charge in [-0.25, -0.2) is 4.39 Å². The summed E-state index contributed by atoms with van der Waals surface area (Å²) >= 11 is 5.84. The largest absolute Gasteiger partial charge is 0.316 e. The Kier molecular flexibility index (Phi) is 6.27. The van der Waals surface area contributed by atoms with Crippen LogP contribution >= 0.6 is 11.6 Å². The molecule has 0 amide bonds. The van der Waals surface area contributed by atoms with E-state index in [1.54, 1.807) is 6.07 Å². The minimum atomic E-state index is -0.264. The van der Waals surface area contributed by atoms with E-state index in [0.717, 1.165) is 26.2 Å². The summed E-state index contributed by atoms with van der Waals surface area (Å²) < 4.78 is 13.9. The molecule has 1 aromatic carbocycles. The molecule has 0 saturated carbocycles. The van der Waals surface area contributed by atoms with Crippen LogP contribution in [0.2, 0.25) is 5.02 Å². The third-order valence-electron chi connectivity index (χ3n) is 3.89. The van der Waals surface area contributed by atoms with Crippen molar-refractivity contribution in [2.75, 3.05) is 26.2 Å². The molecule has 1 atom stereocenters. The molecule has 1 aliphatic rings. The highest BCUT2D eigenvalue weighted by atomic mass is 35.5. The van der Waals surface area contributed by atoms with Gasteiger partial charge in [0.25, 0.3) is 0 Å². The molecule has 0 radical (unpaired) electrons. The summed E-state index contributed by atoms with van der Waals surface area (Å²) in [6, 6.07) is 5.26. The minimum absolute atomic E-state index is 0.223. The lowest BCUT2D eigenvalue weighted by atomic mass is 9.97. The molecular weight excluding hydrogens is 275 g/mol. The maximum atomic E-state index is 13.9. The number of halogens is 2. The summed E-state index contributed by atoms with van der Waals surface area (Å²) in [5.74, 6) is 0.415. The second kappa shape index (κ2) is 7.96. The fourth-order valence-corrected chi connectivity index (χ4v) is 3.05. The van der Waals surface area contributed by atoms with Gasteiger partial charge in [-0.3, -0.25) is 4.90 Å². The van der Waals surface area contributed by atoms with Crippen LogP contribution < -0.4 is 5.32 Å². The molecule has 0 spiro atoms. The Hall–Kier alpha value is -0.640. The predicted molar refractivity (Wildman–Crippen MR) is 82.6 cm³/mol. The molecule has 1 heterocycles. The molecule has 0 bridgehead atoms. The van der Waals surface area contributed by atoms with Gasteiger partial charge in [0, 0.05) is 18.7 Å². The van der Waals surface area contributed by atoms with E-state index in [4.69, 9.17) is 11.6 Å². The first-order valence-corrected chi connectivity index (χ1v) is 7.94. The number of benzene rings is 1. The van der Waals surface area contributed by atoms with Gasteiger partial charge in [-0.1, -0.05) is 30.7 Å². The van der Waals surface area contributed by atoms with Crippen LogP contribution in [-0.4, -0.2) is 31.1 Å². The van der Waals surface area contributed by atoms with E-state index in [2.05, 4.69) is 17.1 Å². The average molecular weight is 299 g/mol. The van der Waals surface area contributed by atoms with Gasteiger partial charge in [0.2, 0.25) is 0 Å². The Balaban J connectivity index is 1.87. The highest BCUT2D eigenvalue weighted by molar-refractivity contribution is 6.30. The fourth-order valence-electron chi connectivity index (χ4n) is 2.86. The van der Waals surface area contributed by atoms with Crippen LogP contribution in [0.15, 0.2) is 18.2 Å². The van der Waals surface area contributed by atoms with Gasteiger partial charge in [0.05, 0.1) is 5.02 Å². The third kappa shape index (κ3) is 4.44. The van der Waals surface area contributed by atoms with Crippen molar-refractivity contribution in [1.82, 2.24) is 10.2 Å². The SMILES string of the molecule is CCCNCC1CCCN(Cc2cccc(Cl)c2F)C1. The van der Waals surface area contributed by atoms with Crippen molar-refractivity contribution in [2.24, 2.45) is 5.92 Å². The Morgan fingerprint density at radius 3 is 3.10 bits per heavy atom. The Bertz CT molecular complexity index is 425. The van der Waals surface area contributed by atoms with Crippen molar-refractivity contribution in [2.45, 2.75) is 32.7 Å². The summed E-state index contributed by atoms with van der Waals surface area (Å²) in [6.45, 7) is 7.10. The van der Waals surface area contributed by atoms with Gasteiger partial charge < -0.3 is 5.32 Å².